The van der Waals surface area contributed by atoms with Crippen LogP contribution in [0.1, 0.15) is 27.2 Å². The molecule has 0 aliphatic carbocycles. The first-order valence-corrected chi connectivity index (χ1v) is 8.09. The van der Waals surface area contributed by atoms with E-state index < -0.39 is 11.6 Å². The van der Waals surface area contributed by atoms with Crippen molar-refractivity contribution in [2.45, 2.75) is 32.8 Å². The SMILES string of the molecule is CCOC(=O)/C(C#N)=C/C1=C([NH+]2CCOCC2)C(C)(C)OCC1. The predicted molar refractivity (Wildman–Crippen MR) is 83.5 cm³/mol. The molecule has 2 aliphatic rings. The maximum atomic E-state index is 11.9. The third-order valence-electron chi connectivity index (χ3n) is 4.14. The number of morpholine rings is 1. The number of nitrogens with one attached hydrogen (secondary N) is 1. The summed E-state index contributed by atoms with van der Waals surface area (Å²) in [6.45, 7) is 9.77. The Morgan fingerprint density at radius 1 is 1.39 bits per heavy atom. The largest absolute Gasteiger partial charge is 0.462 e. The fourth-order valence-electron chi connectivity index (χ4n) is 3.18. The van der Waals surface area contributed by atoms with Crippen molar-refractivity contribution in [3.8, 4) is 6.07 Å². The van der Waals surface area contributed by atoms with Crippen molar-refractivity contribution in [1.82, 2.24) is 0 Å². The maximum absolute atomic E-state index is 11.9. The van der Waals surface area contributed by atoms with E-state index >= 15 is 0 Å². The van der Waals surface area contributed by atoms with E-state index in [1.54, 1.807) is 13.0 Å². The van der Waals surface area contributed by atoms with Gasteiger partial charge < -0.3 is 14.2 Å². The van der Waals surface area contributed by atoms with E-state index in [1.807, 2.05) is 19.9 Å². The Morgan fingerprint density at radius 2 is 2.09 bits per heavy atom. The summed E-state index contributed by atoms with van der Waals surface area (Å²) >= 11 is 0. The van der Waals surface area contributed by atoms with Crippen LogP contribution in [0.3, 0.4) is 0 Å². The quantitative estimate of drug-likeness (QED) is 0.460. The first-order valence-electron chi connectivity index (χ1n) is 8.09. The molecule has 2 heterocycles. The van der Waals surface area contributed by atoms with Gasteiger partial charge in [0.2, 0.25) is 0 Å². The highest BCUT2D eigenvalue weighted by Crippen LogP contribution is 2.28. The zero-order valence-electron chi connectivity index (χ0n) is 14.1. The summed E-state index contributed by atoms with van der Waals surface area (Å²) < 4.78 is 16.3. The first-order chi connectivity index (χ1) is 11.0. The molecule has 1 fully saturated rings. The normalized spacial score (nSPS) is 22.6. The molecule has 0 unspecified atom stereocenters. The van der Waals surface area contributed by atoms with Gasteiger partial charge in [0.05, 0.1) is 26.4 Å². The lowest BCUT2D eigenvalue weighted by Gasteiger charge is -2.38. The predicted octanol–water partition coefficient (Wildman–Crippen LogP) is 0.368. The minimum absolute atomic E-state index is 0.0460. The number of nitriles is 1. The van der Waals surface area contributed by atoms with Gasteiger partial charge in [0.15, 0.2) is 0 Å². The van der Waals surface area contributed by atoms with Gasteiger partial charge in [0.25, 0.3) is 0 Å². The van der Waals surface area contributed by atoms with Crippen LogP contribution >= 0.6 is 0 Å². The van der Waals surface area contributed by atoms with Crippen molar-refractivity contribution in [2.75, 3.05) is 39.5 Å². The second-order valence-electron chi connectivity index (χ2n) is 6.12. The molecule has 0 atom stereocenters. The summed E-state index contributed by atoms with van der Waals surface area (Å²) in [4.78, 5) is 13.2. The maximum Gasteiger partial charge on any atom is 0.348 e. The summed E-state index contributed by atoms with van der Waals surface area (Å²) in [5, 5.41) is 9.28. The molecule has 126 valence electrons. The molecule has 0 bridgehead atoms. The van der Waals surface area contributed by atoms with Crippen molar-refractivity contribution in [2.24, 2.45) is 0 Å². The summed E-state index contributed by atoms with van der Waals surface area (Å²) in [6, 6.07) is 1.96. The van der Waals surface area contributed by atoms with Crippen molar-refractivity contribution in [1.29, 1.82) is 5.26 Å². The number of allylic oxidation sites excluding steroid dienone is 1. The zero-order chi connectivity index (χ0) is 16.9. The fraction of sp³-hybridized carbons (Fsp3) is 0.647. The average molecular weight is 321 g/mol. The number of ether oxygens (including phenoxy) is 3. The number of esters is 1. The van der Waals surface area contributed by atoms with Gasteiger partial charge in [-0.2, -0.15) is 5.26 Å². The van der Waals surface area contributed by atoms with Gasteiger partial charge in [-0.05, 0) is 26.8 Å². The summed E-state index contributed by atoms with van der Waals surface area (Å²) in [7, 11) is 0. The van der Waals surface area contributed by atoms with Crippen LogP contribution in [0, 0.1) is 11.3 Å². The third kappa shape index (κ3) is 4.20. The molecule has 0 radical (unpaired) electrons. The second-order valence-corrected chi connectivity index (χ2v) is 6.12. The van der Waals surface area contributed by atoms with Crippen LogP contribution in [0.5, 0.6) is 0 Å². The van der Waals surface area contributed by atoms with Gasteiger partial charge >= 0.3 is 5.97 Å². The van der Waals surface area contributed by atoms with E-state index in [0.29, 0.717) is 26.2 Å². The number of rotatable bonds is 4. The molecule has 0 amide bonds. The monoisotopic (exact) mass is 321 g/mol. The molecule has 0 aromatic carbocycles. The Bertz CT molecular complexity index is 551. The first kappa shape index (κ1) is 17.7. The molecule has 2 rings (SSSR count). The van der Waals surface area contributed by atoms with Gasteiger partial charge in [-0.3, -0.25) is 4.90 Å². The Morgan fingerprint density at radius 3 is 2.70 bits per heavy atom. The number of carbonyl (C=O) groups is 1. The molecule has 0 aromatic heterocycles. The molecule has 6 heteroatoms. The molecular weight excluding hydrogens is 296 g/mol. The second kappa shape index (κ2) is 7.73. The van der Waals surface area contributed by atoms with Crippen LogP contribution in [0.25, 0.3) is 0 Å². The Balaban J connectivity index is 2.42. The van der Waals surface area contributed by atoms with Crippen LogP contribution in [0.2, 0.25) is 0 Å². The average Bonchev–Trinajstić information content (AvgIpc) is 2.52. The molecule has 1 N–H and O–H groups in total. The van der Waals surface area contributed by atoms with E-state index in [2.05, 4.69) is 0 Å². The van der Waals surface area contributed by atoms with Gasteiger partial charge in [-0.1, -0.05) is 0 Å². The number of nitrogens with zero attached hydrogens (tertiary/aromatic N) is 1. The molecule has 23 heavy (non-hydrogen) atoms. The smallest absolute Gasteiger partial charge is 0.348 e. The number of quaternary nitrogens is 1. The van der Waals surface area contributed by atoms with Crippen molar-refractivity contribution in [3.05, 3.63) is 22.9 Å². The molecular formula is C17H25N2O4+. The zero-order valence-corrected chi connectivity index (χ0v) is 14.1. The van der Waals surface area contributed by atoms with Crippen LogP contribution in [-0.4, -0.2) is 51.1 Å². The van der Waals surface area contributed by atoms with Gasteiger partial charge in [0.1, 0.15) is 36.0 Å². The van der Waals surface area contributed by atoms with E-state index in [9.17, 15) is 10.1 Å². The molecule has 0 aromatic rings. The van der Waals surface area contributed by atoms with Crippen LogP contribution in [-0.2, 0) is 19.0 Å². The van der Waals surface area contributed by atoms with Gasteiger partial charge in [0, 0.05) is 12.0 Å². The molecule has 6 nitrogen and oxygen atoms in total. The Kier molecular flexibility index (Phi) is 5.94. The molecule has 0 saturated carbocycles. The van der Waals surface area contributed by atoms with Crippen LogP contribution in [0.4, 0.5) is 0 Å². The molecule has 0 spiro atoms. The number of carbonyl (C=O) groups excluding carboxylic acids is 1. The van der Waals surface area contributed by atoms with E-state index in [1.165, 1.54) is 4.90 Å². The third-order valence-corrected chi connectivity index (χ3v) is 4.14. The highest BCUT2D eigenvalue weighted by atomic mass is 16.5. The summed E-state index contributed by atoms with van der Waals surface area (Å²) in [6.07, 6.45) is 2.37. The van der Waals surface area contributed by atoms with Crippen molar-refractivity contribution in [3.63, 3.8) is 0 Å². The molecule has 1 saturated heterocycles. The van der Waals surface area contributed by atoms with E-state index in [0.717, 1.165) is 24.4 Å². The minimum atomic E-state index is -0.567. The lowest BCUT2D eigenvalue weighted by atomic mass is 9.92. The van der Waals surface area contributed by atoms with Crippen molar-refractivity contribution < 1.29 is 23.9 Å². The standard InChI is InChI=1S/C17H24N2O4/c1-4-22-16(20)14(12-18)11-13-5-8-23-17(2,3)15(13)19-6-9-21-10-7-19/h11H,4-10H2,1-3H3/p+1/b14-11+. The number of hydrogen-bond donors (Lipinski definition) is 1. The van der Waals surface area contributed by atoms with E-state index in [4.69, 9.17) is 14.2 Å². The summed E-state index contributed by atoms with van der Waals surface area (Å²) in [5.74, 6) is -0.567. The highest BCUT2D eigenvalue weighted by molar-refractivity contribution is 5.93. The van der Waals surface area contributed by atoms with Gasteiger partial charge in [-0.15, -0.1) is 0 Å². The topological polar surface area (TPSA) is 73.0 Å². The van der Waals surface area contributed by atoms with Crippen LogP contribution in [0.15, 0.2) is 22.9 Å². The Labute approximate surface area is 137 Å². The lowest BCUT2D eigenvalue weighted by Crippen LogP contribution is -3.14. The van der Waals surface area contributed by atoms with Gasteiger partial charge in [-0.25, -0.2) is 4.79 Å². The molecule has 2 aliphatic heterocycles. The van der Waals surface area contributed by atoms with E-state index in [-0.39, 0.29) is 12.2 Å². The number of hydrogen-bond acceptors (Lipinski definition) is 5. The van der Waals surface area contributed by atoms with Crippen molar-refractivity contribution >= 4 is 5.97 Å². The highest BCUT2D eigenvalue weighted by Gasteiger charge is 2.39. The fourth-order valence-corrected chi connectivity index (χ4v) is 3.18. The minimum Gasteiger partial charge on any atom is -0.462 e. The van der Waals surface area contributed by atoms with Crippen LogP contribution < -0.4 is 4.90 Å². The Hall–Kier alpha value is -1.68. The lowest BCUT2D eigenvalue weighted by molar-refractivity contribution is -0.876. The summed E-state index contributed by atoms with van der Waals surface area (Å²) in [5.41, 5.74) is 1.74.